The van der Waals surface area contributed by atoms with Crippen LogP contribution in [0.15, 0.2) is 29.2 Å². The largest absolute Gasteiger partial charge is 0.355 e. The Morgan fingerprint density at radius 1 is 1.19 bits per heavy atom. The molecule has 2 N–H and O–H groups in total. The number of para-hydroxylation sites is 1. The van der Waals surface area contributed by atoms with Gasteiger partial charge in [0.15, 0.2) is 0 Å². The van der Waals surface area contributed by atoms with E-state index in [1.165, 1.54) is 0 Å². The minimum atomic E-state index is -0.194. The van der Waals surface area contributed by atoms with Crippen LogP contribution >= 0.6 is 11.8 Å². The average Bonchev–Trinajstić information content (AvgIpc) is 2.66. The zero-order valence-electron chi connectivity index (χ0n) is 16.0. The van der Waals surface area contributed by atoms with Gasteiger partial charge in [-0.25, -0.2) is 0 Å². The molecule has 1 aromatic carbocycles. The monoisotopic (exact) mass is 378 g/mol. The van der Waals surface area contributed by atoms with Gasteiger partial charge in [0.2, 0.25) is 11.8 Å². The molecule has 1 aliphatic rings. The topological polar surface area (TPSA) is 64.7 Å². The van der Waals surface area contributed by atoms with Gasteiger partial charge in [0.05, 0.1) is 18.3 Å². The minimum absolute atomic E-state index is 0.0145. The second kappa shape index (κ2) is 10.5. The van der Waals surface area contributed by atoms with E-state index in [9.17, 15) is 9.59 Å². The van der Waals surface area contributed by atoms with E-state index in [4.69, 9.17) is 0 Å². The summed E-state index contributed by atoms with van der Waals surface area (Å²) >= 11 is 1.62. The van der Waals surface area contributed by atoms with Crippen molar-refractivity contribution in [3.8, 4) is 0 Å². The third-order valence-electron chi connectivity index (χ3n) is 4.64. The van der Waals surface area contributed by atoms with Crippen molar-refractivity contribution in [2.45, 2.75) is 31.2 Å². The van der Waals surface area contributed by atoms with Gasteiger partial charge >= 0.3 is 0 Å². The first kappa shape index (κ1) is 20.7. The predicted molar refractivity (Wildman–Crippen MR) is 108 cm³/mol. The number of benzene rings is 1. The van der Waals surface area contributed by atoms with Gasteiger partial charge in [0.25, 0.3) is 0 Å². The summed E-state index contributed by atoms with van der Waals surface area (Å²) in [6.07, 6.45) is 2.95. The van der Waals surface area contributed by atoms with E-state index in [0.717, 1.165) is 49.7 Å². The Hall–Kier alpha value is -1.57. The van der Waals surface area contributed by atoms with E-state index in [2.05, 4.69) is 20.4 Å². The minimum Gasteiger partial charge on any atom is -0.355 e. The van der Waals surface area contributed by atoms with Crippen molar-refractivity contribution in [2.24, 2.45) is 0 Å². The fraction of sp³-hybridized carbons (Fsp3) is 0.579. The first-order chi connectivity index (χ1) is 12.5. The van der Waals surface area contributed by atoms with Crippen LogP contribution < -0.4 is 10.6 Å². The molecule has 1 atom stereocenters. The van der Waals surface area contributed by atoms with Crippen molar-refractivity contribution < 1.29 is 9.59 Å². The lowest BCUT2D eigenvalue weighted by molar-refractivity contribution is -0.124. The lowest BCUT2D eigenvalue weighted by Crippen LogP contribution is -2.54. The number of thioether (sulfide) groups is 1. The van der Waals surface area contributed by atoms with E-state index in [-0.39, 0.29) is 17.9 Å². The fourth-order valence-corrected chi connectivity index (χ4v) is 3.54. The number of carbonyl (C=O) groups excluding carboxylic acids is 2. The maximum absolute atomic E-state index is 12.6. The zero-order chi connectivity index (χ0) is 18.9. The highest BCUT2D eigenvalue weighted by Gasteiger charge is 2.26. The third kappa shape index (κ3) is 6.00. The second-order valence-corrected chi connectivity index (χ2v) is 7.38. The van der Waals surface area contributed by atoms with Crippen LogP contribution in [0.2, 0.25) is 0 Å². The summed E-state index contributed by atoms with van der Waals surface area (Å²) in [7, 11) is 0. The van der Waals surface area contributed by atoms with Gasteiger partial charge in [-0.05, 0) is 31.7 Å². The molecule has 26 heavy (non-hydrogen) atoms. The number of hydrogen-bond acceptors (Lipinski definition) is 5. The Labute approximate surface area is 160 Å². The van der Waals surface area contributed by atoms with Crippen LogP contribution in [0, 0.1) is 0 Å². The van der Waals surface area contributed by atoms with Crippen molar-refractivity contribution in [2.75, 3.05) is 50.8 Å². The van der Waals surface area contributed by atoms with Gasteiger partial charge in [-0.15, -0.1) is 11.8 Å². The molecule has 0 radical (unpaired) electrons. The number of rotatable bonds is 8. The molecule has 1 saturated heterocycles. The summed E-state index contributed by atoms with van der Waals surface area (Å²) in [6.45, 7) is 8.35. The van der Waals surface area contributed by atoms with Gasteiger partial charge in [-0.1, -0.05) is 19.1 Å². The highest BCUT2D eigenvalue weighted by molar-refractivity contribution is 7.98. The van der Waals surface area contributed by atoms with Gasteiger partial charge in [0.1, 0.15) is 0 Å². The van der Waals surface area contributed by atoms with Crippen molar-refractivity contribution in [3.63, 3.8) is 0 Å². The Balaban J connectivity index is 1.81. The van der Waals surface area contributed by atoms with Gasteiger partial charge < -0.3 is 10.6 Å². The van der Waals surface area contributed by atoms with E-state index in [0.29, 0.717) is 6.54 Å². The molecule has 0 unspecified atom stereocenters. The van der Waals surface area contributed by atoms with E-state index in [1.807, 2.05) is 44.4 Å². The van der Waals surface area contributed by atoms with Gasteiger partial charge in [-0.3, -0.25) is 19.4 Å². The SMILES string of the molecule is CCCNC(=O)CN1CCN([C@@H](C)C(=O)Nc2ccccc2SC)CC1. The Morgan fingerprint density at radius 3 is 2.54 bits per heavy atom. The molecule has 144 valence electrons. The number of amides is 2. The highest BCUT2D eigenvalue weighted by atomic mass is 32.2. The van der Waals surface area contributed by atoms with Crippen LogP contribution in [0.4, 0.5) is 5.69 Å². The number of anilines is 1. The van der Waals surface area contributed by atoms with E-state index >= 15 is 0 Å². The Kier molecular flexibility index (Phi) is 8.41. The normalized spacial score (nSPS) is 16.9. The Morgan fingerprint density at radius 2 is 1.88 bits per heavy atom. The van der Waals surface area contributed by atoms with Crippen LogP contribution in [0.1, 0.15) is 20.3 Å². The first-order valence-electron chi connectivity index (χ1n) is 9.22. The summed E-state index contributed by atoms with van der Waals surface area (Å²) in [6, 6.07) is 7.65. The van der Waals surface area contributed by atoms with Crippen molar-refractivity contribution in [3.05, 3.63) is 24.3 Å². The summed E-state index contributed by atoms with van der Waals surface area (Å²) in [4.78, 5) is 29.8. The summed E-state index contributed by atoms with van der Waals surface area (Å²) < 4.78 is 0. The molecule has 0 bridgehead atoms. The van der Waals surface area contributed by atoms with Crippen LogP contribution in [0.5, 0.6) is 0 Å². The van der Waals surface area contributed by atoms with Crippen LogP contribution in [0.25, 0.3) is 0 Å². The highest BCUT2D eigenvalue weighted by Crippen LogP contribution is 2.25. The summed E-state index contributed by atoms with van der Waals surface area (Å²) in [5.74, 6) is 0.0976. The molecule has 7 heteroatoms. The molecule has 0 spiro atoms. The maximum Gasteiger partial charge on any atom is 0.241 e. The van der Waals surface area contributed by atoms with E-state index in [1.54, 1.807) is 11.8 Å². The fourth-order valence-electron chi connectivity index (χ4n) is 2.98. The Bertz CT molecular complexity index is 603. The number of nitrogens with zero attached hydrogens (tertiary/aromatic N) is 2. The lowest BCUT2D eigenvalue weighted by Gasteiger charge is -2.37. The molecular formula is C19H30N4O2S. The molecule has 0 aromatic heterocycles. The molecule has 2 rings (SSSR count). The molecule has 6 nitrogen and oxygen atoms in total. The summed E-state index contributed by atoms with van der Waals surface area (Å²) in [5, 5.41) is 5.96. The molecular weight excluding hydrogens is 348 g/mol. The molecule has 1 aliphatic heterocycles. The number of carbonyl (C=O) groups is 2. The van der Waals surface area contributed by atoms with E-state index < -0.39 is 0 Å². The van der Waals surface area contributed by atoms with Crippen LogP contribution in [0.3, 0.4) is 0 Å². The molecule has 0 aliphatic carbocycles. The van der Waals surface area contributed by atoms with Crippen LogP contribution in [-0.2, 0) is 9.59 Å². The molecule has 0 saturated carbocycles. The third-order valence-corrected chi connectivity index (χ3v) is 5.43. The molecule has 1 aromatic rings. The average molecular weight is 379 g/mol. The van der Waals surface area contributed by atoms with Crippen molar-refractivity contribution in [1.82, 2.24) is 15.1 Å². The van der Waals surface area contributed by atoms with Crippen molar-refractivity contribution in [1.29, 1.82) is 0 Å². The standard InChI is InChI=1S/C19H30N4O2S/c1-4-9-20-18(24)14-22-10-12-23(13-11-22)15(2)19(25)21-16-7-5-6-8-17(16)26-3/h5-8,15H,4,9-14H2,1-3H3,(H,20,24)(H,21,25)/t15-/m0/s1. The second-order valence-electron chi connectivity index (χ2n) is 6.53. The smallest absolute Gasteiger partial charge is 0.241 e. The van der Waals surface area contributed by atoms with Gasteiger partial charge in [-0.2, -0.15) is 0 Å². The number of piperazine rings is 1. The first-order valence-corrected chi connectivity index (χ1v) is 10.4. The molecule has 1 heterocycles. The van der Waals surface area contributed by atoms with Gasteiger partial charge in [0, 0.05) is 37.6 Å². The predicted octanol–water partition coefficient (Wildman–Crippen LogP) is 1.88. The zero-order valence-corrected chi connectivity index (χ0v) is 16.8. The number of nitrogens with one attached hydrogen (secondary N) is 2. The lowest BCUT2D eigenvalue weighted by atomic mass is 10.2. The summed E-state index contributed by atoms with van der Waals surface area (Å²) in [5.41, 5.74) is 0.864. The maximum atomic E-state index is 12.6. The number of hydrogen-bond donors (Lipinski definition) is 2. The molecule has 2 amide bonds. The molecule has 1 fully saturated rings. The quantitative estimate of drug-likeness (QED) is 0.676. The van der Waals surface area contributed by atoms with Crippen molar-refractivity contribution >= 4 is 29.3 Å². The van der Waals surface area contributed by atoms with Crippen LogP contribution in [-0.4, -0.2) is 73.2 Å².